The molecule has 1 aliphatic carbocycles. The molecule has 88 valence electrons. The van der Waals surface area contributed by atoms with Crippen molar-refractivity contribution in [1.29, 1.82) is 0 Å². The average Bonchev–Trinajstić information content (AvgIpc) is 2.34. The number of benzene rings is 1. The number of fused-ring (bicyclic) bond motifs is 2. The van der Waals surface area contributed by atoms with Crippen LogP contribution in [-0.4, -0.2) is 4.98 Å². The van der Waals surface area contributed by atoms with Crippen molar-refractivity contribution in [2.45, 2.75) is 32.6 Å². The Kier molecular flexibility index (Phi) is 2.76. The largest absolute Gasteiger partial charge is 0.252 e. The minimum atomic E-state index is 0.705. The van der Waals surface area contributed by atoms with Crippen molar-refractivity contribution in [2.24, 2.45) is 0 Å². The van der Waals surface area contributed by atoms with Crippen molar-refractivity contribution < 1.29 is 0 Å². The maximum atomic E-state index is 6.51. The van der Waals surface area contributed by atoms with Gasteiger partial charge in [0.2, 0.25) is 0 Å². The summed E-state index contributed by atoms with van der Waals surface area (Å²) in [5, 5.41) is 2.45. The molecule has 1 aromatic carbocycles. The van der Waals surface area contributed by atoms with Gasteiger partial charge in [0.15, 0.2) is 0 Å². The predicted molar refractivity (Wildman–Crippen MR) is 73.1 cm³/mol. The van der Waals surface area contributed by atoms with Gasteiger partial charge in [-0.3, -0.25) is 4.98 Å². The van der Waals surface area contributed by atoms with Crippen LogP contribution >= 0.6 is 23.2 Å². The second kappa shape index (κ2) is 4.15. The van der Waals surface area contributed by atoms with Gasteiger partial charge < -0.3 is 0 Å². The number of rotatable bonds is 0. The fourth-order valence-corrected chi connectivity index (χ4v) is 3.25. The third kappa shape index (κ3) is 1.73. The molecule has 0 unspecified atom stereocenters. The summed E-state index contributed by atoms with van der Waals surface area (Å²) in [5.41, 5.74) is 4.47. The molecule has 0 fully saturated rings. The highest BCUT2D eigenvalue weighted by Gasteiger charge is 2.19. The van der Waals surface area contributed by atoms with Crippen LogP contribution in [0.3, 0.4) is 0 Å². The molecule has 2 aromatic rings. The molecule has 0 bridgehead atoms. The molecule has 3 rings (SSSR count). The third-order valence-electron chi connectivity index (χ3n) is 3.50. The van der Waals surface area contributed by atoms with Gasteiger partial charge in [-0.2, -0.15) is 0 Å². The highest BCUT2D eigenvalue weighted by Crippen LogP contribution is 2.37. The van der Waals surface area contributed by atoms with Crippen LogP contribution in [-0.2, 0) is 12.8 Å². The first-order valence-electron chi connectivity index (χ1n) is 5.94. The number of halogens is 2. The molecule has 17 heavy (non-hydrogen) atoms. The Morgan fingerprint density at radius 3 is 2.71 bits per heavy atom. The maximum absolute atomic E-state index is 6.51. The number of aryl methyl sites for hydroxylation is 2. The van der Waals surface area contributed by atoms with Crippen LogP contribution in [0, 0.1) is 6.92 Å². The summed E-state index contributed by atoms with van der Waals surface area (Å²) in [6.45, 7) is 2.05. The Balaban J connectivity index is 2.44. The first kappa shape index (κ1) is 11.3. The number of hydrogen-bond donors (Lipinski definition) is 0. The summed E-state index contributed by atoms with van der Waals surface area (Å²) in [6.07, 6.45) is 4.48. The van der Waals surface area contributed by atoms with Crippen LogP contribution in [0.4, 0.5) is 0 Å². The van der Waals surface area contributed by atoms with E-state index in [9.17, 15) is 0 Å². The van der Waals surface area contributed by atoms with Gasteiger partial charge in [0.05, 0.1) is 15.6 Å². The van der Waals surface area contributed by atoms with E-state index < -0.39 is 0 Å². The summed E-state index contributed by atoms with van der Waals surface area (Å²) in [5.74, 6) is 0. The molecule has 0 spiro atoms. The third-order valence-corrected chi connectivity index (χ3v) is 4.23. The summed E-state index contributed by atoms with van der Waals surface area (Å²) < 4.78 is 0. The molecule has 0 saturated heterocycles. The second-order valence-corrected chi connectivity index (χ2v) is 5.43. The lowest BCUT2D eigenvalue weighted by atomic mass is 9.94. The minimum absolute atomic E-state index is 0.705. The number of pyridine rings is 1. The van der Waals surface area contributed by atoms with Gasteiger partial charge in [-0.05, 0) is 49.8 Å². The Hall–Kier alpha value is -0.790. The van der Waals surface area contributed by atoms with E-state index in [4.69, 9.17) is 28.2 Å². The topological polar surface area (TPSA) is 12.9 Å². The van der Waals surface area contributed by atoms with Crippen molar-refractivity contribution in [3.8, 4) is 0 Å². The zero-order valence-electron chi connectivity index (χ0n) is 9.69. The SMILES string of the molecule is Cc1ccc(Cl)c2c(Cl)c3c(nc12)CCCC3. The number of nitrogens with zero attached hydrogens (tertiary/aromatic N) is 1. The molecular weight excluding hydrogens is 253 g/mol. The second-order valence-electron chi connectivity index (χ2n) is 4.65. The van der Waals surface area contributed by atoms with Gasteiger partial charge in [-0.25, -0.2) is 0 Å². The fourth-order valence-electron chi connectivity index (χ4n) is 2.56. The highest BCUT2D eigenvalue weighted by atomic mass is 35.5. The summed E-state index contributed by atoms with van der Waals surface area (Å²) in [7, 11) is 0. The molecule has 0 amide bonds. The number of aromatic nitrogens is 1. The molecule has 1 heterocycles. The van der Waals surface area contributed by atoms with Crippen LogP contribution < -0.4 is 0 Å². The fraction of sp³-hybridized carbons (Fsp3) is 0.357. The average molecular weight is 266 g/mol. The van der Waals surface area contributed by atoms with Gasteiger partial charge >= 0.3 is 0 Å². The number of hydrogen-bond acceptors (Lipinski definition) is 1. The van der Waals surface area contributed by atoms with Crippen molar-refractivity contribution in [3.63, 3.8) is 0 Å². The Labute approximate surface area is 111 Å². The van der Waals surface area contributed by atoms with E-state index in [1.807, 2.05) is 12.1 Å². The standard InChI is InChI=1S/C14H13Cl2N/c1-8-6-7-10(15)12-13(16)9-4-2-3-5-11(9)17-14(8)12/h6-7H,2-5H2,1H3. The highest BCUT2D eigenvalue weighted by molar-refractivity contribution is 6.42. The molecule has 0 N–H and O–H groups in total. The normalized spacial score (nSPS) is 15.0. The molecule has 0 saturated carbocycles. The van der Waals surface area contributed by atoms with Crippen LogP contribution in [0.25, 0.3) is 10.9 Å². The van der Waals surface area contributed by atoms with Gasteiger partial charge in [-0.15, -0.1) is 0 Å². The lowest BCUT2D eigenvalue weighted by Crippen LogP contribution is -2.07. The van der Waals surface area contributed by atoms with Gasteiger partial charge in [0.1, 0.15) is 0 Å². The zero-order valence-corrected chi connectivity index (χ0v) is 11.2. The minimum Gasteiger partial charge on any atom is -0.252 e. The molecule has 0 aliphatic heterocycles. The van der Waals surface area contributed by atoms with Crippen LogP contribution in [0.2, 0.25) is 10.0 Å². The Morgan fingerprint density at radius 1 is 1.12 bits per heavy atom. The first-order valence-corrected chi connectivity index (χ1v) is 6.70. The van der Waals surface area contributed by atoms with Crippen molar-refractivity contribution in [2.75, 3.05) is 0 Å². The van der Waals surface area contributed by atoms with Crippen LogP contribution in [0.5, 0.6) is 0 Å². The van der Waals surface area contributed by atoms with Gasteiger partial charge in [0.25, 0.3) is 0 Å². The molecule has 0 radical (unpaired) electrons. The van der Waals surface area contributed by atoms with Crippen molar-refractivity contribution in [3.05, 3.63) is 39.0 Å². The van der Waals surface area contributed by atoms with Gasteiger partial charge in [-0.1, -0.05) is 29.3 Å². The molecule has 3 heteroatoms. The molecule has 0 atom stereocenters. The Bertz CT molecular complexity index is 605. The van der Waals surface area contributed by atoms with Crippen LogP contribution in [0.15, 0.2) is 12.1 Å². The maximum Gasteiger partial charge on any atom is 0.0764 e. The molecule has 1 aliphatic rings. The lowest BCUT2D eigenvalue weighted by Gasteiger charge is -2.18. The van der Waals surface area contributed by atoms with E-state index >= 15 is 0 Å². The molecular formula is C14H13Cl2N. The van der Waals surface area contributed by atoms with E-state index in [2.05, 4.69) is 6.92 Å². The smallest absolute Gasteiger partial charge is 0.0764 e. The lowest BCUT2D eigenvalue weighted by molar-refractivity contribution is 0.671. The van der Waals surface area contributed by atoms with E-state index in [0.29, 0.717) is 5.02 Å². The zero-order chi connectivity index (χ0) is 12.0. The Morgan fingerprint density at radius 2 is 1.88 bits per heavy atom. The summed E-state index contributed by atoms with van der Waals surface area (Å²) in [6, 6.07) is 3.91. The van der Waals surface area contributed by atoms with Gasteiger partial charge in [0, 0.05) is 11.1 Å². The van der Waals surface area contributed by atoms with Crippen molar-refractivity contribution in [1.82, 2.24) is 4.98 Å². The first-order chi connectivity index (χ1) is 8.18. The quantitative estimate of drug-likeness (QED) is 0.671. The van der Waals surface area contributed by atoms with Crippen LogP contribution in [0.1, 0.15) is 29.7 Å². The summed E-state index contributed by atoms with van der Waals surface area (Å²) in [4.78, 5) is 4.77. The predicted octanol–water partition coefficient (Wildman–Crippen LogP) is 4.73. The van der Waals surface area contributed by atoms with E-state index in [0.717, 1.165) is 34.3 Å². The summed E-state index contributed by atoms with van der Waals surface area (Å²) >= 11 is 12.8. The van der Waals surface area contributed by atoms with E-state index in [1.54, 1.807) is 0 Å². The van der Waals surface area contributed by atoms with E-state index in [1.165, 1.54) is 24.1 Å². The van der Waals surface area contributed by atoms with Crippen molar-refractivity contribution >= 4 is 34.1 Å². The molecule has 1 nitrogen and oxygen atoms in total. The van der Waals surface area contributed by atoms with E-state index in [-0.39, 0.29) is 0 Å². The molecule has 1 aromatic heterocycles. The monoisotopic (exact) mass is 265 g/mol.